The number of nitrogens with one attached hydrogen (secondary N) is 1. The maximum atomic E-state index is 8.84. The van der Waals surface area contributed by atoms with Gasteiger partial charge < -0.3 is 10.4 Å². The number of aliphatic imine (C=N–C) groups is 1. The minimum atomic E-state index is 0.156. The number of halogens is 2. The molecular weight excluding hydrogens is 305 g/mol. The van der Waals surface area contributed by atoms with E-state index < -0.39 is 0 Å². The number of nitrogens with zero attached hydrogens (tertiary/aromatic N) is 2. The van der Waals surface area contributed by atoms with Crippen LogP contribution in [0.25, 0.3) is 0 Å². The lowest BCUT2D eigenvalue weighted by Gasteiger charge is -2.25. The van der Waals surface area contributed by atoms with Crippen molar-refractivity contribution < 1.29 is 5.11 Å². The van der Waals surface area contributed by atoms with Gasteiger partial charge in [0.25, 0.3) is 0 Å². The van der Waals surface area contributed by atoms with Gasteiger partial charge in [-0.25, -0.2) is 4.99 Å². The number of aliphatic hydroxyl groups excluding tert-OH is 1. The fraction of sp³-hybridized carbons (Fsp3) is 0.417. The van der Waals surface area contributed by atoms with Crippen molar-refractivity contribution in [2.45, 2.75) is 5.75 Å². The third kappa shape index (κ3) is 4.54. The summed E-state index contributed by atoms with van der Waals surface area (Å²) >= 11 is 13.5. The Kier molecular flexibility index (Phi) is 5.78. The zero-order chi connectivity index (χ0) is 13.7. The number of benzene rings is 1. The average molecular weight is 320 g/mol. The van der Waals surface area contributed by atoms with Crippen LogP contribution >= 0.6 is 35.0 Å². The molecule has 0 radical (unpaired) electrons. The van der Waals surface area contributed by atoms with Crippen molar-refractivity contribution in [2.24, 2.45) is 4.99 Å². The van der Waals surface area contributed by atoms with Gasteiger partial charge in [0.2, 0.25) is 0 Å². The second kappa shape index (κ2) is 7.36. The van der Waals surface area contributed by atoms with E-state index in [2.05, 4.69) is 10.3 Å². The first-order valence-electron chi connectivity index (χ1n) is 5.87. The second-order valence-corrected chi connectivity index (χ2v) is 5.87. The standard InChI is InChI=1S/C12H15Cl2N3OS/c13-10-2-1-9(5-11(10)14)6-19-12-15-7-17(3-4-18)8-16-12/h1-2,5,18H,3-4,6-8H2,(H,15,16). The van der Waals surface area contributed by atoms with Crippen LogP contribution in [0.5, 0.6) is 0 Å². The smallest absolute Gasteiger partial charge is 0.159 e. The quantitative estimate of drug-likeness (QED) is 0.894. The van der Waals surface area contributed by atoms with Gasteiger partial charge in [0.15, 0.2) is 5.17 Å². The molecule has 1 aromatic rings. The van der Waals surface area contributed by atoms with Crippen molar-refractivity contribution in [3.05, 3.63) is 33.8 Å². The van der Waals surface area contributed by atoms with Crippen molar-refractivity contribution in [2.75, 3.05) is 26.5 Å². The van der Waals surface area contributed by atoms with Crippen molar-refractivity contribution >= 4 is 40.1 Å². The number of amidine groups is 1. The first-order valence-corrected chi connectivity index (χ1v) is 7.61. The zero-order valence-electron chi connectivity index (χ0n) is 10.3. The van der Waals surface area contributed by atoms with Crippen LogP contribution in [0.3, 0.4) is 0 Å². The van der Waals surface area contributed by atoms with Crippen LogP contribution in [0.4, 0.5) is 0 Å². The van der Waals surface area contributed by atoms with Gasteiger partial charge in [0, 0.05) is 12.3 Å². The molecule has 0 fully saturated rings. The Morgan fingerprint density at radius 1 is 1.37 bits per heavy atom. The molecule has 0 unspecified atom stereocenters. The third-order valence-electron chi connectivity index (χ3n) is 2.64. The van der Waals surface area contributed by atoms with Gasteiger partial charge in [-0.05, 0) is 17.7 Å². The van der Waals surface area contributed by atoms with Crippen LogP contribution in [-0.4, -0.2) is 41.7 Å². The van der Waals surface area contributed by atoms with Gasteiger partial charge >= 0.3 is 0 Å². The van der Waals surface area contributed by atoms with E-state index in [0.29, 0.717) is 29.9 Å². The summed E-state index contributed by atoms with van der Waals surface area (Å²) in [5.74, 6) is 0.794. The Hall–Kier alpha value is -0.460. The maximum absolute atomic E-state index is 8.84. The molecule has 0 spiro atoms. The van der Waals surface area contributed by atoms with Crippen molar-refractivity contribution in [3.8, 4) is 0 Å². The molecule has 0 atom stereocenters. The van der Waals surface area contributed by atoms with Crippen LogP contribution in [0.1, 0.15) is 5.56 Å². The molecule has 0 saturated heterocycles. The molecule has 19 heavy (non-hydrogen) atoms. The van der Waals surface area contributed by atoms with E-state index in [-0.39, 0.29) is 6.61 Å². The van der Waals surface area contributed by atoms with Crippen molar-refractivity contribution in [1.82, 2.24) is 10.2 Å². The Morgan fingerprint density at radius 3 is 2.84 bits per heavy atom. The Balaban J connectivity index is 1.84. The van der Waals surface area contributed by atoms with E-state index >= 15 is 0 Å². The van der Waals surface area contributed by atoms with Gasteiger partial charge in [0.1, 0.15) is 0 Å². The lowest BCUT2D eigenvalue weighted by molar-refractivity contribution is 0.192. The predicted octanol–water partition coefficient (Wildman–Crippen LogP) is 2.40. The van der Waals surface area contributed by atoms with Crippen molar-refractivity contribution in [3.63, 3.8) is 0 Å². The van der Waals surface area contributed by atoms with Gasteiger partial charge in [0.05, 0.1) is 30.0 Å². The Labute approximate surface area is 126 Å². The van der Waals surface area contributed by atoms with Gasteiger partial charge in [-0.15, -0.1) is 0 Å². The van der Waals surface area contributed by atoms with Gasteiger partial charge in [-0.1, -0.05) is 41.0 Å². The Bertz CT molecular complexity index is 470. The molecule has 1 aliphatic rings. The van der Waals surface area contributed by atoms with Crippen LogP contribution in [0.15, 0.2) is 23.2 Å². The summed E-state index contributed by atoms with van der Waals surface area (Å²) in [6.07, 6.45) is 0. The van der Waals surface area contributed by atoms with E-state index in [9.17, 15) is 0 Å². The SMILES string of the molecule is OCCN1CN=C(SCc2ccc(Cl)c(Cl)c2)NC1. The second-order valence-electron chi connectivity index (χ2n) is 4.09. The molecule has 4 nitrogen and oxygen atoms in total. The van der Waals surface area contributed by atoms with Gasteiger partial charge in [-0.3, -0.25) is 4.90 Å². The molecule has 1 aliphatic heterocycles. The molecule has 7 heteroatoms. The molecule has 1 aromatic carbocycles. The number of hydrogen-bond acceptors (Lipinski definition) is 5. The molecule has 104 valence electrons. The largest absolute Gasteiger partial charge is 0.395 e. The first kappa shape index (κ1) is 14.9. The van der Waals surface area contributed by atoms with E-state index in [1.807, 2.05) is 17.0 Å². The Morgan fingerprint density at radius 2 is 2.21 bits per heavy atom. The summed E-state index contributed by atoms with van der Waals surface area (Å²) in [6, 6.07) is 5.64. The fourth-order valence-corrected chi connectivity index (χ4v) is 2.74. The number of rotatable bonds is 4. The minimum Gasteiger partial charge on any atom is -0.395 e. The number of β-amino-alcohol motifs (C(OH)–C–C–N with tert-alkyl or cyclic N) is 1. The highest BCUT2D eigenvalue weighted by Crippen LogP contribution is 2.25. The molecule has 0 amide bonds. The highest BCUT2D eigenvalue weighted by Gasteiger charge is 2.11. The molecule has 1 heterocycles. The molecule has 0 aromatic heterocycles. The van der Waals surface area contributed by atoms with E-state index in [1.165, 1.54) is 0 Å². The van der Waals surface area contributed by atoms with E-state index in [4.69, 9.17) is 28.3 Å². The number of thioether (sulfide) groups is 1. The summed E-state index contributed by atoms with van der Waals surface area (Å²) < 4.78 is 0. The molecule has 0 aliphatic carbocycles. The fourth-order valence-electron chi connectivity index (χ4n) is 1.62. The molecular formula is C12H15Cl2N3OS. The highest BCUT2D eigenvalue weighted by molar-refractivity contribution is 8.13. The minimum absolute atomic E-state index is 0.156. The van der Waals surface area contributed by atoms with Crippen LogP contribution in [0, 0.1) is 0 Å². The maximum Gasteiger partial charge on any atom is 0.159 e. The van der Waals surface area contributed by atoms with E-state index in [1.54, 1.807) is 17.8 Å². The lowest BCUT2D eigenvalue weighted by Crippen LogP contribution is -2.42. The summed E-state index contributed by atoms with van der Waals surface area (Å²) in [4.78, 5) is 6.44. The number of hydrogen-bond donors (Lipinski definition) is 2. The normalized spacial score (nSPS) is 16.1. The van der Waals surface area contributed by atoms with Crippen molar-refractivity contribution in [1.29, 1.82) is 0 Å². The topological polar surface area (TPSA) is 47.9 Å². The molecule has 0 bridgehead atoms. The predicted molar refractivity (Wildman–Crippen MR) is 81.9 cm³/mol. The van der Waals surface area contributed by atoms with Crippen LogP contribution < -0.4 is 5.32 Å². The zero-order valence-corrected chi connectivity index (χ0v) is 12.6. The first-order chi connectivity index (χ1) is 9.19. The summed E-state index contributed by atoms with van der Waals surface area (Å²) in [5.41, 5.74) is 1.11. The summed E-state index contributed by atoms with van der Waals surface area (Å²) in [6.45, 7) is 2.13. The molecule has 2 rings (SSSR count). The summed E-state index contributed by atoms with van der Waals surface area (Å²) in [5, 5.41) is 14.1. The van der Waals surface area contributed by atoms with E-state index in [0.717, 1.165) is 16.5 Å². The average Bonchev–Trinajstić information content (AvgIpc) is 2.42. The highest BCUT2D eigenvalue weighted by atomic mass is 35.5. The molecule has 0 saturated carbocycles. The summed E-state index contributed by atoms with van der Waals surface area (Å²) in [7, 11) is 0. The third-order valence-corrected chi connectivity index (χ3v) is 4.41. The van der Waals surface area contributed by atoms with Crippen LogP contribution in [0.2, 0.25) is 10.0 Å². The lowest BCUT2D eigenvalue weighted by atomic mass is 10.2. The van der Waals surface area contributed by atoms with Crippen LogP contribution in [-0.2, 0) is 5.75 Å². The number of aliphatic hydroxyl groups is 1. The monoisotopic (exact) mass is 319 g/mol. The molecule has 2 N–H and O–H groups in total. The van der Waals surface area contributed by atoms with Gasteiger partial charge in [-0.2, -0.15) is 0 Å².